The van der Waals surface area contributed by atoms with E-state index in [1.807, 2.05) is 0 Å². The lowest BCUT2D eigenvalue weighted by atomic mass is 10.2. The van der Waals surface area contributed by atoms with Crippen LogP contribution >= 0.6 is 0 Å². The van der Waals surface area contributed by atoms with Gasteiger partial charge >= 0.3 is 0 Å². The molecule has 72 valence electrons. The topological polar surface area (TPSA) is 73.8 Å². The first-order chi connectivity index (χ1) is 6.66. The second-order valence-corrected chi connectivity index (χ2v) is 2.80. The minimum absolute atomic E-state index is 0.253. The van der Waals surface area contributed by atoms with Gasteiger partial charge in [0.2, 0.25) is 5.78 Å². The van der Waals surface area contributed by atoms with Crippen LogP contribution in [0.3, 0.4) is 0 Å². The normalized spacial score (nSPS) is 10.4. The van der Waals surface area contributed by atoms with Crippen LogP contribution in [0.2, 0.25) is 0 Å². The van der Waals surface area contributed by atoms with Crippen molar-refractivity contribution in [2.75, 3.05) is 0 Å². The second-order valence-electron chi connectivity index (χ2n) is 2.80. The van der Waals surface area contributed by atoms with Crippen LogP contribution in [0, 0.1) is 6.92 Å². The van der Waals surface area contributed by atoms with E-state index in [0.29, 0.717) is 5.89 Å². The zero-order valence-electron chi connectivity index (χ0n) is 7.76. The van der Waals surface area contributed by atoms with Crippen molar-refractivity contribution in [3.05, 3.63) is 29.7 Å². The van der Waals surface area contributed by atoms with Crippen LogP contribution in [-0.2, 0) is 7.05 Å². The Labute approximate surface area is 79.6 Å². The maximum atomic E-state index is 11.6. The summed E-state index contributed by atoms with van der Waals surface area (Å²) in [6.45, 7) is 1.67. The van der Waals surface area contributed by atoms with Gasteiger partial charge in [0, 0.05) is 14.0 Å². The van der Waals surface area contributed by atoms with Crippen LogP contribution in [0.25, 0.3) is 0 Å². The molecule has 2 aromatic heterocycles. The Morgan fingerprint density at radius 1 is 1.50 bits per heavy atom. The van der Waals surface area contributed by atoms with Gasteiger partial charge in [-0.3, -0.25) is 4.79 Å². The summed E-state index contributed by atoms with van der Waals surface area (Å²) >= 11 is 0. The molecule has 0 radical (unpaired) electrons. The first-order valence-electron chi connectivity index (χ1n) is 4.00. The summed E-state index contributed by atoms with van der Waals surface area (Å²) in [5.74, 6) is 0.173. The summed E-state index contributed by atoms with van der Waals surface area (Å²) in [4.78, 5) is 16.9. The smallest absolute Gasteiger partial charge is 0.236 e. The fourth-order valence-corrected chi connectivity index (χ4v) is 1.05. The third-order valence-electron chi connectivity index (χ3n) is 1.68. The van der Waals surface area contributed by atoms with Gasteiger partial charge in [0.1, 0.15) is 6.26 Å². The highest BCUT2D eigenvalue weighted by atomic mass is 16.3. The van der Waals surface area contributed by atoms with Gasteiger partial charge in [-0.2, -0.15) is 15.0 Å². The molecule has 0 saturated carbocycles. The molecule has 0 unspecified atom stereocenters. The lowest BCUT2D eigenvalue weighted by Gasteiger charge is -1.87. The molecular weight excluding hydrogens is 184 g/mol. The predicted octanol–water partition coefficient (Wildman–Crippen LogP) is 0.343. The Hall–Kier alpha value is -1.98. The van der Waals surface area contributed by atoms with E-state index < -0.39 is 0 Å². The lowest BCUT2D eigenvalue weighted by molar-refractivity contribution is 0.102. The molecule has 0 fully saturated rings. The number of hydrogen-bond donors (Lipinski definition) is 0. The minimum Gasteiger partial charge on any atom is -0.449 e. The maximum Gasteiger partial charge on any atom is 0.236 e. The van der Waals surface area contributed by atoms with E-state index in [-0.39, 0.29) is 17.2 Å². The van der Waals surface area contributed by atoms with Gasteiger partial charge in [-0.25, -0.2) is 4.98 Å². The maximum absolute atomic E-state index is 11.6. The summed E-state index contributed by atoms with van der Waals surface area (Å²) < 4.78 is 4.93. The van der Waals surface area contributed by atoms with E-state index in [1.54, 1.807) is 14.0 Å². The predicted molar refractivity (Wildman–Crippen MR) is 45.7 cm³/mol. The number of aryl methyl sites for hydroxylation is 2. The number of ketones is 1. The molecule has 0 saturated heterocycles. The van der Waals surface area contributed by atoms with E-state index in [4.69, 9.17) is 4.42 Å². The summed E-state index contributed by atoms with van der Waals surface area (Å²) in [5, 5.41) is 7.67. The number of rotatable bonds is 2. The van der Waals surface area contributed by atoms with E-state index >= 15 is 0 Å². The molecule has 0 atom stereocenters. The summed E-state index contributed by atoms with van der Waals surface area (Å²) in [6, 6.07) is 0. The van der Waals surface area contributed by atoms with Gasteiger partial charge in [0.15, 0.2) is 17.3 Å². The molecule has 0 bridgehead atoms. The molecule has 0 aliphatic heterocycles. The summed E-state index contributed by atoms with van der Waals surface area (Å²) in [6.07, 6.45) is 2.71. The third-order valence-corrected chi connectivity index (χ3v) is 1.68. The molecule has 14 heavy (non-hydrogen) atoms. The quantitative estimate of drug-likeness (QED) is 0.641. The molecule has 6 heteroatoms. The first-order valence-corrected chi connectivity index (χ1v) is 4.00. The summed E-state index contributed by atoms with van der Waals surface area (Å²) in [5.41, 5.74) is 0.517. The fraction of sp³-hybridized carbons (Fsp3) is 0.250. The van der Waals surface area contributed by atoms with Crippen molar-refractivity contribution >= 4 is 5.78 Å². The van der Waals surface area contributed by atoms with Crippen molar-refractivity contribution < 1.29 is 9.21 Å². The summed E-state index contributed by atoms with van der Waals surface area (Å²) in [7, 11) is 1.64. The number of carbonyl (C=O) groups is 1. The SMILES string of the molecule is Cc1nc(C(=O)c2cnn(C)n2)co1. The third kappa shape index (κ3) is 1.41. The average molecular weight is 192 g/mol. The first kappa shape index (κ1) is 8.61. The second kappa shape index (κ2) is 3.06. The highest BCUT2D eigenvalue weighted by molar-refractivity contribution is 6.05. The highest BCUT2D eigenvalue weighted by Crippen LogP contribution is 2.06. The van der Waals surface area contributed by atoms with Gasteiger partial charge in [0.25, 0.3) is 0 Å². The van der Waals surface area contributed by atoms with Gasteiger partial charge in [-0.1, -0.05) is 0 Å². The number of hydrogen-bond acceptors (Lipinski definition) is 5. The largest absolute Gasteiger partial charge is 0.449 e. The lowest BCUT2D eigenvalue weighted by Crippen LogP contribution is -2.03. The monoisotopic (exact) mass is 192 g/mol. The minimum atomic E-state index is -0.282. The van der Waals surface area contributed by atoms with Crippen LogP contribution in [0.4, 0.5) is 0 Å². The van der Waals surface area contributed by atoms with Gasteiger partial charge in [0.05, 0.1) is 6.20 Å². The van der Waals surface area contributed by atoms with E-state index in [2.05, 4.69) is 15.2 Å². The molecule has 0 aliphatic carbocycles. The molecule has 2 rings (SSSR count). The number of nitrogens with zero attached hydrogens (tertiary/aromatic N) is 4. The Balaban J connectivity index is 2.33. The van der Waals surface area contributed by atoms with E-state index in [9.17, 15) is 4.79 Å². The molecule has 2 heterocycles. The molecule has 0 N–H and O–H groups in total. The fourth-order valence-electron chi connectivity index (χ4n) is 1.05. The average Bonchev–Trinajstić information content (AvgIpc) is 2.73. The van der Waals surface area contributed by atoms with Crippen LogP contribution in [0.15, 0.2) is 16.9 Å². The number of carbonyl (C=O) groups excluding carboxylic acids is 1. The van der Waals surface area contributed by atoms with Crippen LogP contribution in [0.5, 0.6) is 0 Å². The Bertz CT molecular complexity index is 429. The standard InChI is InChI=1S/C8H8N4O2/c1-5-10-7(4-14-5)8(13)6-3-9-12(2)11-6/h3-4H,1-2H3. The molecule has 6 nitrogen and oxygen atoms in total. The van der Waals surface area contributed by atoms with Gasteiger partial charge < -0.3 is 4.42 Å². The molecule has 0 spiro atoms. The molecule has 0 aromatic carbocycles. The molecular formula is C8H8N4O2. The van der Waals surface area contributed by atoms with Gasteiger partial charge in [-0.15, -0.1) is 0 Å². The highest BCUT2D eigenvalue weighted by Gasteiger charge is 2.16. The van der Waals surface area contributed by atoms with E-state index in [0.717, 1.165) is 0 Å². The number of oxazole rings is 1. The van der Waals surface area contributed by atoms with Crippen molar-refractivity contribution in [1.82, 2.24) is 20.0 Å². The Morgan fingerprint density at radius 2 is 2.29 bits per heavy atom. The Morgan fingerprint density at radius 3 is 2.79 bits per heavy atom. The van der Waals surface area contributed by atoms with E-state index in [1.165, 1.54) is 17.3 Å². The van der Waals surface area contributed by atoms with Crippen LogP contribution < -0.4 is 0 Å². The molecule has 0 amide bonds. The van der Waals surface area contributed by atoms with Crippen molar-refractivity contribution in [3.8, 4) is 0 Å². The van der Waals surface area contributed by atoms with Crippen molar-refractivity contribution in [3.63, 3.8) is 0 Å². The number of aromatic nitrogens is 4. The van der Waals surface area contributed by atoms with Crippen LogP contribution in [0.1, 0.15) is 22.1 Å². The van der Waals surface area contributed by atoms with Crippen molar-refractivity contribution in [2.24, 2.45) is 7.05 Å². The zero-order valence-corrected chi connectivity index (χ0v) is 7.76. The van der Waals surface area contributed by atoms with Crippen LogP contribution in [-0.4, -0.2) is 25.8 Å². The molecule has 2 aromatic rings. The molecule has 0 aliphatic rings. The van der Waals surface area contributed by atoms with Gasteiger partial charge in [-0.05, 0) is 0 Å². The van der Waals surface area contributed by atoms with Crippen molar-refractivity contribution in [2.45, 2.75) is 6.92 Å². The van der Waals surface area contributed by atoms with Crippen molar-refractivity contribution in [1.29, 1.82) is 0 Å². The zero-order chi connectivity index (χ0) is 10.1. The Kier molecular flexibility index (Phi) is 1.88.